The van der Waals surface area contributed by atoms with Crippen LogP contribution in [0.5, 0.6) is 0 Å². The van der Waals surface area contributed by atoms with E-state index in [1.807, 2.05) is 30.3 Å². The third kappa shape index (κ3) is 3.82. The number of hydrogen-bond acceptors (Lipinski definition) is 5. The van der Waals surface area contributed by atoms with Gasteiger partial charge in [-0.3, -0.25) is 10.1 Å². The van der Waals surface area contributed by atoms with Gasteiger partial charge in [0.1, 0.15) is 11.6 Å². The van der Waals surface area contributed by atoms with E-state index in [-0.39, 0.29) is 0 Å². The molecule has 0 aliphatic heterocycles. The van der Waals surface area contributed by atoms with Crippen molar-refractivity contribution in [2.45, 2.75) is 10.4 Å². The van der Waals surface area contributed by atoms with Crippen molar-refractivity contribution < 1.29 is 9.59 Å². The van der Waals surface area contributed by atoms with Crippen molar-refractivity contribution in [1.29, 1.82) is 0 Å². The molecular formula is C13H15N5O2S. The molecule has 2 rings (SSSR count). The fourth-order valence-electron chi connectivity index (χ4n) is 1.63. The van der Waals surface area contributed by atoms with Crippen molar-refractivity contribution in [2.24, 2.45) is 7.05 Å². The number of nitrogens with zero attached hydrogens (tertiary/aromatic N) is 3. The Morgan fingerprint density at radius 3 is 2.57 bits per heavy atom. The number of rotatable bonds is 4. The summed E-state index contributed by atoms with van der Waals surface area (Å²) < 4.78 is 1.72. The molecule has 0 saturated heterocycles. The summed E-state index contributed by atoms with van der Waals surface area (Å²) in [5, 5.41) is 12.4. The zero-order valence-electron chi connectivity index (χ0n) is 11.6. The number of aromatic nitrogens is 3. The molecule has 0 bridgehead atoms. The molecular weight excluding hydrogens is 290 g/mol. The Labute approximate surface area is 126 Å². The van der Waals surface area contributed by atoms with E-state index in [1.54, 1.807) is 17.9 Å². The average molecular weight is 305 g/mol. The number of imide groups is 1. The van der Waals surface area contributed by atoms with Crippen LogP contribution in [-0.2, 0) is 11.8 Å². The summed E-state index contributed by atoms with van der Waals surface area (Å²) in [7, 11) is 3.25. The Bertz CT molecular complexity index is 629. The van der Waals surface area contributed by atoms with Crippen molar-refractivity contribution >= 4 is 23.7 Å². The molecule has 0 radical (unpaired) electrons. The predicted molar refractivity (Wildman–Crippen MR) is 78.6 cm³/mol. The number of thioether (sulfide) groups is 1. The lowest BCUT2D eigenvalue weighted by Gasteiger charge is -2.15. The van der Waals surface area contributed by atoms with Gasteiger partial charge in [0.05, 0.1) is 0 Å². The monoisotopic (exact) mass is 305 g/mol. The third-order valence-electron chi connectivity index (χ3n) is 2.70. The molecule has 0 aliphatic carbocycles. The second-order valence-electron chi connectivity index (χ2n) is 4.20. The lowest BCUT2D eigenvalue weighted by Crippen LogP contribution is -2.39. The Morgan fingerprint density at radius 1 is 1.29 bits per heavy atom. The van der Waals surface area contributed by atoms with Crippen molar-refractivity contribution in [3.05, 3.63) is 42.2 Å². The van der Waals surface area contributed by atoms with Crippen LogP contribution in [0.25, 0.3) is 0 Å². The van der Waals surface area contributed by atoms with Gasteiger partial charge in [-0.25, -0.2) is 4.79 Å². The Balaban J connectivity index is 2.24. The molecule has 1 heterocycles. The molecule has 1 aromatic carbocycles. The molecule has 8 heteroatoms. The smallest absolute Gasteiger partial charge is 0.321 e. The van der Waals surface area contributed by atoms with Crippen LogP contribution in [0.15, 0.2) is 41.8 Å². The molecule has 0 unspecified atom stereocenters. The van der Waals surface area contributed by atoms with Gasteiger partial charge in [-0.1, -0.05) is 42.1 Å². The number of hydrogen-bond donors (Lipinski definition) is 2. The van der Waals surface area contributed by atoms with Crippen LogP contribution < -0.4 is 10.6 Å². The second kappa shape index (κ2) is 6.89. The number of urea groups is 1. The van der Waals surface area contributed by atoms with Gasteiger partial charge in [0.15, 0.2) is 5.16 Å². The molecule has 0 saturated carbocycles. The van der Waals surface area contributed by atoms with Crippen LogP contribution in [0.1, 0.15) is 10.8 Å². The maximum atomic E-state index is 12.3. The molecule has 7 nitrogen and oxygen atoms in total. The van der Waals surface area contributed by atoms with Crippen molar-refractivity contribution in [3.8, 4) is 0 Å². The van der Waals surface area contributed by atoms with Crippen LogP contribution in [-0.4, -0.2) is 33.8 Å². The van der Waals surface area contributed by atoms with Gasteiger partial charge in [0, 0.05) is 14.1 Å². The highest BCUT2D eigenvalue weighted by Gasteiger charge is 2.25. The lowest BCUT2D eigenvalue weighted by atomic mass is 10.1. The van der Waals surface area contributed by atoms with Crippen LogP contribution in [0, 0.1) is 0 Å². The number of aryl methyl sites for hydroxylation is 1. The van der Waals surface area contributed by atoms with Gasteiger partial charge in [0.2, 0.25) is 5.91 Å². The van der Waals surface area contributed by atoms with Gasteiger partial charge < -0.3 is 9.88 Å². The van der Waals surface area contributed by atoms with E-state index < -0.39 is 17.2 Å². The molecule has 3 amide bonds. The highest BCUT2D eigenvalue weighted by molar-refractivity contribution is 8.00. The van der Waals surface area contributed by atoms with Crippen molar-refractivity contribution in [1.82, 2.24) is 25.4 Å². The minimum atomic E-state index is -0.591. The van der Waals surface area contributed by atoms with Gasteiger partial charge in [0.25, 0.3) is 0 Å². The normalized spacial score (nSPS) is 11.7. The van der Waals surface area contributed by atoms with E-state index in [4.69, 9.17) is 0 Å². The summed E-state index contributed by atoms with van der Waals surface area (Å²) in [6.45, 7) is 0. The molecule has 21 heavy (non-hydrogen) atoms. The second-order valence-corrected chi connectivity index (χ2v) is 5.27. The van der Waals surface area contributed by atoms with Gasteiger partial charge in [-0.15, -0.1) is 10.2 Å². The Hall–Kier alpha value is -2.35. The topological polar surface area (TPSA) is 88.9 Å². The van der Waals surface area contributed by atoms with Crippen LogP contribution in [0.2, 0.25) is 0 Å². The summed E-state index contributed by atoms with van der Waals surface area (Å²) in [6.07, 6.45) is 1.56. The van der Waals surface area contributed by atoms with Crippen molar-refractivity contribution in [2.75, 3.05) is 7.05 Å². The van der Waals surface area contributed by atoms with Crippen molar-refractivity contribution in [3.63, 3.8) is 0 Å². The molecule has 1 aromatic heterocycles. The van der Waals surface area contributed by atoms with Crippen LogP contribution >= 0.6 is 11.8 Å². The van der Waals surface area contributed by atoms with Gasteiger partial charge in [-0.05, 0) is 5.56 Å². The highest BCUT2D eigenvalue weighted by Crippen LogP contribution is 2.33. The standard InChI is InChI=1S/C13H15N5O2S/c1-14-12(20)16-11(19)10(9-6-4-3-5-7-9)21-13-17-15-8-18(13)2/h3-8,10H,1-2H3,(H2,14,16,19,20)/t10-/m0/s1. The van der Waals surface area contributed by atoms with E-state index in [2.05, 4.69) is 20.8 Å². The Morgan fingerprint density at radius 2 is 2.00 bits per heavy atom. The Kier molecular flexibility index (Phi) is 4.94. The summed E-state index contributed by atoms with van der Waals surface area (Å²) in [5.41, 5.74) is 0.784. The molecule has 0 fully saturated rings. The maximum Gasteiger partial charge on any atom is 0.321 e. The van der Waals surface area contributed by atoms with Crippen LogP contribution in [0.4, 0.5) is 4.79 Å². The summed E-state index contributed by atoms with van der Waals surface area (Å²) in [5.74, 6) is -0.409. The molecule has 0 aliphatic rings. The van der Waals surface area contributed by atoms with E-state index in [1.165, 1.54) is 18.8 Å². The largest absolute Gasteiger partial charge is 0.341 e. The fourth-order valence-corrected chi connectivity index (χ4v) is 2.60. The minimum absolute atomic E-state index is 0.409. The number of benzene rings is 1. The molecule has 1 atom stereocenters. The van der Waals surface area contributed by atoms with E-state index in [0.717, 1.165) is 5.56 Å². The first-order valence-corrected chi connectivity index (χ1v) is 7.08. The summed E-state index contributed by atoms with van der Waals surface area (Å²) in [4.78, 5) is 23.6. The first kappa shape index (κ1) is 15.0. The summed E-state index contributed by atoms with van der Waals surface area (Å²) >= 11 is 1.23. The van der Waals surface area contributed by atoms with E-state index in [0.29, 0.717) is 5.16 Å². The van der Waals surface area contributed by atoms with Gasteiger partial charge >= 0.3 is 6.03 Å². The number of carbonyl (C=O) groups is 2. The highest BCUT2D eigenvalue weighted by atomic mass is 32.2. The zero-order chi connectivity index (χ0) is 15.2. The average Bonchev–Trinajstić information content (AvgIpc) is 2.90. The quantitative estimate of drug-likeness (QED) is 0.826. The zero-order valence-corrected chi connectivity index (χ0v) is 12.4. The molecule has 2 aromatic rings. The SMILES string of the molecule is CNC(=O)NC(=O)[C@@H](Sc1nncn1C)c1ccccc1. The fraction of sp³-hybridized carbons (Fsp3) is 0.231. The van der Waals surface area contributed by atoms with Gasteiger partial charge in [-0.2, -0.15) is 0 Å². The maximum absolute atomic E-state index is 12.3. The first-order valence-electron chi connectivity index (χ1n) is 6.20. The number of nitrogens with one attached hydrogen (secondary N) is 2. The number of amides is 3. The van der Waals surface area contributed by atoms with E-state index in [9.17, 15) is 9.59 Å². The first-order chi connectivity index (χ1) is 10.1. The minimum Gasteiger partial charge on any atom is -0.341 e. The molecule has 2 N–H and O–H groups in total. The van der Waals surface area contributed by atoms with E-state index >= 15 is 0 Å². The third-order valence-corrected chi connectivity index (χ3v) is 4.00. The summed E-state index contributed by atoms with van der Waals surface area (Å²) in [6, 6.07) is 8.66. The molecule has 110 valence electrons. The van der Waals surface area contributed by atoms with Crippen LogP contribution in [0.3, 0.4) is 0 Å². The number of carbonyl (C=O) groups excluding carboxylic acids is 2. The molecule has 0 spiro atoms. The lowest BCUT2D eigenvalue weighted by molar-refractivity contribution is -0.119. The predicted octanol–water partition coefficient (Wildman–Crippen LogP) is 1.10.